The molecule has 0 radical (unpaired) electrons. The van der Waals surface area contributed by atoms with Crippen LogP contribution in [0, 0.1) is 5.92 Å². The van der Waals surface area contributed by atoms with Crippen molar-refractivity contribution >= 4 is 0 Å². The molecule has 0 aliphatic rings. The molecule has 0 aromatic carbocycles. The third-order valence-corrected chi connectivity index (χ3v) is 4.07. The van der Waals surface area contributed by atoms with Gasteiger partial charge in [-0.2, -0.15) is 0 Å². The van der Waals surface area contributed by atoms with Crippen LogP contribution in [0.3, 0.4) is 0 Å². The first-order valence-corrected chi connectivity index (χ1v) is 8.58. The van der Waals surface area contributed by atoms with E-state index in [1.807, 2.05) is 6.26 Å². The van der Waals surface area contributed by atoms with Gasteiger partial charge in [-0.3, -0.25) is 4.90 Å². The highest BCUT2D eigenvalue weighted by Gasteiger charge is 2.16. The smallest absolute Gasteiger partial charge is 0.122 e. The molecule has 1 aromatic rings. The van der Waals surface area contributed by atoms with Crippen LogP contribution in [-0.2, 0) is 13.1 Å². The molecule has 0 saturated carbocycles. The Balaban J connectivity index is 2.59. The molecule has 3 nitrogen and oxygen atoms in total. The first-order valence-electron chi connectivity index (χ1n) is 8.58. The van der Waals surface area contributed by atoms with Gasteiger partial charge in [0, 0.05) is 18.2 Å². The van der Waals surface area contributed by atoms with Crippen molar-refractivity contribution in [2.45, 2.75) is 73.0 Å². The number of hydrogen-bond donors (Lipinski definition) is 1. The van der Waals surface area contributed by atoms with Crippen molar-refractivity contribution in [1.82, 2.24) is 10.2 Å². The Hall–Kier alpha value is -0.800. The molecule has 1 N–H and O–H groups in total. The van der Waals surface area contributed by atoms with Gasteiger partial charge in [-0.1, -0.05) is 34.1 Å². The van der Waals surface area contributed by atoms with Gasteiger partial charge in [-0.05, 0) is 44.8 Å². The van der Waals surface area contributed by atoms with Gasteiger partial charge in [-0.25, -0.2) is 0 Å². The predicted octanol–water partition coefficient (Wildman–Crippen LogP) is 4.43. The molecule has 0 aliphatic carbocycles. The fourth-order valence-corrected chi connectivity index (χ4v) is 2.42. The largest absolute Gasteiger partial charge is 0.468 e. The van der Waals surface area contributed by atoms with E-state index in [0.29, 0.717) is 12.0 Å². The standard InChI is InChI=1S/C18H34N2O/c1-6-8-10-20(16(5)7-2)14-18-17(9-11-21-18)13-19-12-15(3)4/h9,11,15-16,19H,6-8,10,12-14H2,1-5H3. The van der Waals surface area contributed by atoms with Gasteiger partial charge in [0.15, 0.2) is 0 Å². The first-order chi connectivity index (χ1) is 10.1. The van der Waals surface area contributed by atoms with E-state index in [-0.39, 0.29) is 0 Å². The lowest BCUT2D eigenvalue weighted by Gasteiger charge is -2.27. The minimum absolute atomic E-state index is 0.609. The Labute approximate surface area is 131 Å². The lowest BCUT2D eigenvalue weighted by Crippen LogP contribution is -2.33. The molecule has 0 saturated heterocycles. The molecule has 122 valence electrons. The summed E-state index contributed by atoms with van der Waals surface area (Å²) in [6, 6.07) is 2.72. The fraction of sp³-hybridized carbons (Fsp3) is 0.778. The van der Waals surface area contributed by atoms with Crippen molar-refractivity contribution in [3.63, 3.8) is 0 Å². The highest BCUT2D eigenvalue weighted by Crippen LogP contribution is 2.17. The molecule has 1 heterocycles. The van der Waals surface area contributed by atoms with Crippen LogP contribution in [0.4, 0.5) is 0 Å². The van der Waals surface area contributed by atoms with E-state index in [0.717, 1.165) is 31.9 Å². The van der Waals surface area contributed by atoms with Crippen LogP contribution < -0.4 is 5.32 Å². The Bertz CT molecular complexity index is 373. The molecule has 0 aliphatic heterocycles. The maximum Gasteiger partial charge on any atom is 0.122 e. The van der Waals surface area contributed by atoms with E-state index in [9.17, 15) is 0 Å². The van der Waals surface area contributed by atoms with Gasteiger partial charge in [0.25, 0.3) is 0 Å². The molecule has 21 heavy (non-hydrogen) atoms. The summed E-state index contributed by atoms with van der Waals surface area (Å²) in [5.74, 6) is 1.81. The second-order valence-corrected chi connectivity index (χ2v) is 6.48. The zero-order valence-corrected chi connectivity index (χ0v) is 14.6. The normalized spacial score (nSPS) is 13.3. The summed E-state index contributed by atoms with van der Waals surface area (Å²) >= 11 is 0. The zero-order chi connectivity index (χ0) is 15.7. The van der Waals surface area contributed by atoms with Crippen LogP contribution in [0.15, 0.2) is 16.7 Å². The van der Waals surface area contributed by atoms with Crippen LogP contribution in [0.1, 0.15) is 65.2 Å². The molecule has 0 bridgehead atoms. The maximum absolute atomic E-state index is 5.75. The van der Waals surface area contributed by atoms with Gasteiger partial charge < -0.3 is 9.73 Å². The quantitative estimate of drug-likeness (QED) is 0.654. The number of furan rings is 1. The number of hydrogen-bond acceptors (Lipinski definition) is 3. The van der Waals surface area contributed by atoms with E-state index in [2.05, 4.69) is 50.9 Å². The minimum atomic E-state index is 0.609. The molecule has 3 heteroatoms. The van der Waals surface area contributed by atoms with Crippen LogP contribution in [-0.4, -0.2) is 24.0 Å². The van der Waals surface area contributed by atoms with E-state index in [4.69, 9.17) is 4.42 Å². The molecule has 1 unspecified atom stereocenters. The number of nitrogens with one attached hydrogen (secondary N) is 1. The van der Waals surface area contributed by atoms with E-state index in [1.54, 1.807) is 0 Å². The average Bonchev–Trinajstić information content (AvgIpc) is 2.89. The molecule has 0 spiro atoms. The SMILES string of the molecule is CCCCN(Cc1occc1CNCC(C)C)C(C)CC. The van der Waals surface area contributed by atoms with E-state index < -0.39 is 0 Å². The van der Waals surface area contributed by atoms with Gasteiger partial charge in [-0.15, -0.1) is 0 Å². The second-order valence-electron chi connectivity index (χ2n) is 6.48. The lowest BCUT2D eigenvalue weighted by atomic mass is 10.1. The summed E-state index contributed by atoms with van der Waals surface area (Å²) in [5, 5.41) is 3.51. The summed E-state index contributed by atoms with van der Waals surface area (Å²) in [4.78, 5) is 2.55. The van der Waals surface area contributed by atoms with Crippen LogP contribution in [0.25, 0.3) is 0 Å². The topological polar surface area (TPSA) is 28.4 Å². The minimum Gasteiger partial charge on any atom is -0.468 e. The molecule has 0 fully saturated rings. The van der Waals surface area contributed by atoms with Crippen LogP contribution in [0.5, 0.6) is 0 Å². The Morgan fingerprint density at radius 2 is 2.00 bits per heavy atom. The summed E-state index contributed by atoms with van der Waals surface area (Å²) < 4.78 is 5.75. The molecule has 0 amide bonds. The van der Waals surface area contributed by atoms with Crippen molar-refractivity contribution < 1.29 is 4.42 Å². The van der Waals surface area contributed by atoms with Gasteiger partial charge in [0.05, 0.1) is 12.8 Å². The number of rotatable bonds is 11. The van der Waals surface area contributed by atoms with Crippen molar-refractivity contribution in [2.24, 2.45) is 5.92 Å². The van der Waals surface area contributed by atoms with Crippen LogP contribution >= 0.6 is 0 Å². The summed E-state index contributed by atoms with van der Waals surface area (Å²) in [5.41, 5.74) is 1.31. The fourth-order valence-electron chi connectivity index (χ4n) is 2.42. The van der Waals surface area contributed by atoms with Crippen molar-refractivity contribution in [3.05, 3.63) is 23.7 Å². The summed E-state index contributed by atoms with van der Waals surface area (Å²) in [6.07, 6.45) is 5.52. The zero-order valence-electron chi connectivity index (χ0n) is 14.6. The monoisotopic (exact) mass is 294 g/mol. The molecule has 1 atom stereocenters. The maximum atomic E-state index is 5.75. The van der Waals surface area contributed by atoms with E-state index >= 15 is 0 Å². The van der Waals surface area contributed by atoms with E-state index in [1.165, 1.54) is 24.8 Å². The van der Waals surface area contributed by atoms with Crippen molar-refractivity contribution in [1.29, 1.82) is 0 Å². The van der Waals surface area contributed by atoms with Crippen LogP contribution in [0.2, 0.25) is 0 Å². The van der Waals surface area contributed by atoms with Gasteiger partial charge in [0.2, 0.25) is 0 Å². The Morgan fingerprint density at radius 3 is 2.62 bits per heavy atom. The van der Waals surface area contributed by atoms with Gasteiger partial charge >= 0.3 is 0 Å². The Kier molecular flexibility index (Phi) is 8.70. The third kappa shape index (κ3) is 6.66. The molecular weight excluding hydrogens is 260 g/mol. The molecule has 1 aromatic heterocycles. The highest BCUT2D eigenvalue weighted by atomic mass is 16.3. The lowest BCUT2D eigenvalue weighted by molar-refractivity contribution is 0.177. The average molecular weight is 294 g/mol. The summed E-state index contributed by atoms with van der Waals surface area (Å²) in [6.45, 7) is 15.3. The third-order valence-electron chi connectivity index (χ3n) is 4.07. The van der Waals surface area contributed by atoms with Gasteiger partial charge in [0.1, 0.15) is 5.76 Å². The molecule has 1 rings (SSSR count). The number of nitrogens with zero attached hydrogens (tertiary/aromatic N) is 1. The predicted molar refractivity (Wildman–Crippen MR) is 90.3 cm³/mol. The number of unbranched alkanes of at least 4 members (excludes halogenated alkanes) is 1. The Morgan fingerprint density at radius 1 is 1.24 bits per heavy atom. The van der Waals surface area contributed by atoms with Crippen molar-refractivity contribution in [3.8, 4) is 0 Å². The summed E-state index contributed by atoms with van der Waals surface area (Å²) in [7, 11) is 0. The molecular formula is C18H34N2O. The van der Waals surface area contributed by atoms with Crippen molar-refractivity contribution in [2.75, 3.05) is 13.1 Å². The second kappa shape index (κ2) is 10.0. The highest BCUT2D eigenvalue weighted by molar-refractivity contribution is 5.17. The first kappa shape index (κ1) is 18.2.